The van der Waals surface area contributed by atoms with Crippen LogP contribution < -0.4 is 5.73 Å². The molecule has 1 aromatic heterocycles. The van der Waals surface area contributed by atoms with Crippen LogP contribution in [0.5, 0.6) is 0 Å². The van der Waals surface area contributed by atoms with E-state index < -0.39 is 35.2 Å². The van der Waals surface area contributed by atoms with Crippen LogP contribution in [0.4, 0.5) is 30.7 Å². The van der Waals surface area contributed by atoms with Gasteiger partial charge in [0.05, 0.1) is 40.7 Å². The number of nitrogens with zero attached hydrogens (tertiary/aromatic N) is 4. The van der Waals surface area contributed by atoms with Crippen LogP contribution in [0.3, 0.4) is 0 Å². The van der Waals surface area contributed by atoms with Crippen LogP contribution in [0, 0.1) is 11.7 Å². The maximum atomic E-state index is 14.2. The van der Waals surface area contributed by atoms with Crippen LogP contribution in [0.25, 0.3) is 0 Å². The van der Waals surface area contributed by atoms with Crippen molar-refractivity contribution in [1.82, 2.24) is 15.1 Å². The molecule has 1 aromatic carbocycles. The maximum absolute atomic E-state index is 14.2. The number of allylic oxidation sites excluding steroid dienone is 6. The van der Waals surface area contributed by atoms with Gasteiger partial charge in [-0.2, -0.15) is 36.5 Å². The lowest BCUT2D eigenvalue weighted by atomic mass is 9.92. The Bertz CT molecular complexity index is 1380. The molecule has 0 radical (unpaired) electrons. The topological polar surface area (TPSA) is 67.4 Å². The largest absolute Gasteiger partial charge is 0.416 e. The Morgan fingerprint density at radius 3 is 2.34 bits per heavy atom. The first kappa shape index (κ1) is 31.3. The van der Waals surface area contributed by atoms with Gasteiger partial charge in [0.2, 0.25) is 0 Å². The molecule has 0 aliphatic carbocycles. The molecule has 3 rings (SSSR count). The second-order valence-electron chi connectivity index (χ2n) is 9.06. The number of amidine groups is 1. The fourth-order valence-corrected chi connectivity index (χ4v) is 4.10. The molecule has 0 saturated carbocycles. The molecule has 0 saturated heterocycles. The molecule has 0 amide bonds. The fourth-order valence-electron chi connectivity index (χ4n) is 4.10. The molecular formula is C29H28F7N5. The van der Waals surface area contributed by atoms with Gasteiger partial charge in [-0.15, -0.1) is 6.58 Å². The third-order valence-corrected chi connectivity index (χ3v) is 6.28. The highest BCUT2D eigenvalue weighted by Crippen LogP contribution is 2.40. The average Bonchev–Trinajstić information content (AvgIpc) is 2.90. The first-order valence-electron chi connectivity index (χ1n) is 12.5. The summed E-state index contributed by atoms with van der Waals surface area (Å²) in [7, 11) is 0. The summed E-state index contributed by atoms with van der Waals surface area (Å²) in [5.41, 5.74) is 4.02. The number of hydrogen-bond donors (Lipinski definition) is 1. The summed E-state index contributed by atoms with van der Waals surface area (Å²) in [6.07, 6.45) is -2.52. The molecule has 0 fully saturated rings. The average molecular weight is 580 g/mol. The van der Waals surface area contributed by atoms with Gasteiger partial charge in [0.15, 0.2) is 0 Å². The second kappa shape index (κ2) is 13.0. The molecule has 2 unspecified atom stereocenters. The number of rotatable bonds is 9. The molecule has 2 atom stereocenters. The van der Waals surface area contributed by atoms with Crippen molar-refractivity contribution in [3.8, 4) is 0 Å². The minimum atomic E-state index is -5.08. The zero-order valence-electron chi connectivity index (χ0n) is 22.2. The number of nitrogens with two attached hydrogens (primary N) is 1. The number of benzene rings is 1. The van der Waals surface area contributed by atoms with Gasteiger partial charge in [-0.05, 0) is 43.7 Å². The van der Waals surface area contributed by atoms with E-state index in [1.54, 1.807) is 23.4 Å². The van der Waals surface area contributed by atoms with Crippen LogP contribution in [0.15, 0.2) is 102 Å². The highest BCUT2D eigenvalue weighted by molar-refractivity contribution is 5.98. The number of alkyl halides is 6. The van der Waals surface area contributed by atoms with E-state index in [2.05, 4.69) is 21.8 Å². The lowest BCUT2D eigenvalue weighted by molar-refractivity contribution is -0.0979. The Kier molecular flexibility index (Phi) is 9.90. The normalized spacial score (nSPS) is 17.9. The Hall–Kier alpha value is -4.22. The van der Waals surface area contributed by atoms with Gasteiger partial charge in [0.1, 0.15) is 11.7 Å². The molecule has 0 spiro atoms. The monoisotopic (exact) mass is 579 g/mol. The Morgan fingerprint density at radius 1 is 1.10 bits per heavy atom. The minimum Gasteiger partial charge on any atom is -0.383 e. The fraction of sp³-hybridized carbons (Fsp3) is 0.276. The van der Waals surface area contributed by atoms with Gasteiger partial charge in [-0.1, -0.05) is 37.3 Å². The van der Waals surface area contributed by atoms with Crippen LogP contribution in [0.1, 0.15) is 43.1 Å². The van der Waals surface area contributed by atoms with E-state index >= 15 is 0 Å². The highest BCUT2D eigenvalue weighted by atomic mass is 19.4. The zero-order chi connectivity index (χ0) is 30.4. The summed E-state index contributed by atoms with van der Waals surface area (Å²) >= 11 is 0. The molecule has 5 nitrogen and oxygen atoms in total. The van der Waals surface area contributed by atoms with Crippen molar-refractivity contribution < 1.29 is 30.7 Å². The quantitative estimate of drug-likeness (QED) is 0.110. The van der Waals surface area contributed by atoms with Gasteiger partial charge in [-0.3, -0.25) is 0 Å². The van der Waals surface area contributed by atoms with Crippen LogP contribution in [-0.4, -0.2) is 33.3 Å². The lowest BCUT2D eigenvalue weighted by Gasteiger charge is -2.24. The van der Waals surface area contributed by atoms with Gasteiger partial charge in [-0.25, -0.2) is 9.38 Å². The van der Waals surface area contributed by atoms with Crippen molar-refractivity contribution in [3.05, 3.63) is 119 Å². The molecule has 2 N–H and O–H groups in total. The molecule has 2 aromatic rings. The Labute approximate surface area is 233 Å². The lowest BCUT2D eigenvalue weighted by Crippen LogP contribution is -2.22. The second-order valence-corrected chi connectivity index (χ2v) is 9.06. The predicted octanol–water partition coefficient (Wildman–Crippen LogP) is 7.49. The summed E-state index contributed by atoms with van der Waals surface area (Å²) in [4.78, 5) is 6.13. The van der Waals surface area contributed by atoms with Crippen LogP contribution >= 0.6 is 0 Å². The molecular weight excluding hydrogens is 551 g/mol. The molecule has 2 heterocycles. The van der Waals surface area contributed by atoms with Crippen molar-refractivity contribution in [1.29, 1.82) is 0 Å². The predicted molar refractivity (Wildman–Crippen MR) is 143 cm³/mol. The minimum absolute atomic E-state index is 0.00258. The number of aromatic nitrogens is 2. The summed E-state index contributed by atoms with van der Waals surface area (Å²) in [5, 5.41) is 7.86. The SMILES string of the molecule is C=CC(C(=CC(=CC)C(F)(F)F)C(F)(F)F)c1ccc(CN2C=CC(CC)C(N=C(N)c3ccccc3F)=C2)nn1. The summed E-state index contributed by atoms with van der Waals surface area (Å²) in [5.74, 6) is -2.29. The van der Waals surface area contributed by atoms with Crippen LogP contribution in [0.2, 0.25) is 0 Å². The van der Waals surface area contributed by atoms with E-state index in [1.165, 1.54) is 30.3 Å². The van der Waals surface area contributed by atoms with Gasteiger partial charge < -0.3 is 10.6 Å². The molecule has 1 aliphatic heterocycles. The number of hydrogen-bond acceptors (Lipinski definition) is 4. The molecule has 0 bridgehead atoms. The third kappa shape index (κ3) is 7.92. The van der Waals surface area contributed by atoms with Crippen molar-refractivity contribution in [2.24, 2.45) is 16.6 Å². The van der Waals surface area contributed by atoms with E-state index in [-0.39, 0.29) is 35.6 Å². The van der Waals surface area contributed by atoms with E-state index in [9.17, 15) is 30.7 Å². The highest BCUT2D eigenvalue weighted by Gasteiger charge is 2.41. The molecule has 218 valence electrons. The van der Waals surface area contributed by atoms with E-state index in [0.29, 0.717) is 23.9 Å². The smallest absolute Gasteiger partial charge is 0.383 e. The molecule has 41 heavy (non-hydrogen) atoms. The Balaban J connectivity index is 1.87. The summed E-state index contributed by atoms with van der Waals surface area (Å²) in [6.45, 7) is 6.48. The summed E-state index contributed by atoms with van der Waals surface area (Å²) in [6, 6.07) is 8.66. The van der Waals surface area contributed by atoms with Gasteiger partial charge in [0.25, 0.3) is 0 Å². The standard InChI is InChI=1S/C29H28F7N5/c1-4-18-13-14-41(17-26(18)38-27(37)22-9-7-8-10-24(22)30)16-20-11-12-25(40-39-20)21(6-3)23(29(34,35)36)15-19(5-2)28(31,32)33/h5-15,17-18,21H,3-4,16H2,1-2H3,(H2,37,38). The maximum Gasteiger partial charge on any atom is 0.416 e. The first-order chi connectivity index (χ1) is 19.3. The Morgan fingerprint density at radius 2 is 1.80 bits per heavy atom. The van der Waals surface area contributed by atoms with Crippen molar-refractivity contribution >= 4 is 5.84 Å². The van der Waals surface area contributed by atoms with Crippen molar-refractivity contribution in [2.45, 2.75) is 45.1 Å². The summed E-state index contributed by atoms with van der Waals surface area (Å²) < 4.78 is 95.1. The first-order valence-corrected chi connectivity index (χ1v) is 12.5. The van der Waals surface area contributed by atoms with E-state index in [4.69, 9.17) is 5.73 Å². The number of halogens is 7. The van der Waals surface area contributed by atoms with Gasteiger partial charge >= 0.3 is 12.4 Å². The molecule has 12 heteroatoms. The van der Waals surface area contributed by atoms with E-state index in [1.807, 2.05) is 13.0 Å². The van der Waals surface area contributed by atoms with Gasteiger partial charge in [0, 0.05) is 23.9 Å². The van der Waals surface area contributed by atoms with E-state index in [0.717, 1.165) is 13.0 Å². The number of aliphatic imine (C=N–C) groups is 1. The third-order valence-electron chi connectivity index (χ3n) is 6.28. The molecule has 1 aliphatic rings. The van der Waals surface area contributed by atoms with Crippen molar-refractivity contribution in [2.75, 3.05) is 0 Å². The van der Waals surface area contributed by atoms with Crippen molar-refractivity contribution in [3.63, 3.8) is 0 Å². The van der Waals surface area contributed by atoms with Crippen LogP contribution in [-0.2, 0) is 6.54 Å². The zero-order valence-corrected chi connectivity index (χ0v) is 22.2.